The Morgan fingerprint density at radius 1 is 1.29 bits per heavy atom. The van der Waals surface area contributed by atoms with Crippen LogP contribution >= 0.6 is 11.6 Å². The molecule has 2 aromatic carbocycles. The SMILES string of the molecule is COC(=O)c1cc(F)ccc1NC(C)c1cccc(Cl)c1. The summed E-state index contributed by atoms with van der Waals surface area (Å²) in [4.78, 5) is 11.7. The van der Waals surface area contributed by atoms with Gasteiger partial charge in [0.25, 0.3) is 0 Å². The maximum Gasteiger partial charge on any atom is 0.340 e. The highest BCUT2D eigenvalue weighted by Gasteiger charge is 2.15. The Hall–Kier alpha value is -2.07. The molecule has 0 saturated carbocycles. The summed E-state index contributed by atoms with van der Waals surface area (Å²) in [7, 11) is 1.26. The molecule has 3 nitrogen and oxygen atoms in total. The highest BCUT2D eigenvalue weighted by Crippen LogP contribution is 2.25. The molecule has 1 unspecified atom stereocenters. The predicted octanol–water partition coefficient (Wildman–Crippen LogP) is 4.44. The van der Waals surface area contributed by atoms with Crippen molar-refractivity contribution in [2.45, 2.75) is 13.0 Å². The van der Waals surface area contributed by atoms with Gasteiger partial charge in [0, 0.05) is 16.8 Å². The molecule has 0 radical (unpaired) electrons. The number of nitrogens with one attached hydrogen (secondary N) is 1. The monoisotopic (exact) mass is 307 g/mol. The molecule has 0 amide bonds. The summed E-state index contributed by atoms with van der Waals surface area (Å²) < 4.78 is 18.0. The molecule has 1 N–H and O–H groups in total. The van der Waals surface area contributed by atoms with Crippen molar-refractivity contribution in [3.05, 3.63) is 64.4 Å². The van der Waals surface area contributed by atoms with Crippen molar-refractivity contribution in [2.75, 3.05) is 12.4 Å². The minimum Gasteiger partial charge on any atom is -0.465 e. The Morgan fingerprint density at radius 2 is 2.05 bits per heavy atom. The number of ether oxygens (including phenoxy) is 1. The summed E-state index contributed by atoms with van der Waals surface area (Å²) >= 11 is 5.97. The summed E-state index contributed by atoms with van der Waals surface area (Å²) in [5, 5.41) is 3.80. The van der Waals surface area contributed by atoms with Gasteiger partial charge in [-0.2, -0.15) is 0 Å². The number of methoxy groups -OCH3 is 1. The highest BCUT2D eigenvalue weighted by molar-refractivity contribution is 6.30. The lowest BCUT2D eigenvalue weighted by Crippen LogP contribution is -2.12. The Kier molecular flexibility index (Phi) is 4.81. The third-order valence-electron chi connectivity index (χ3n) is 3.11. The normalized spacial score (nSPS) is 11.8. The van der Waals surface area contributed by atoms with E-state index in [0.717, 1.165) is 11.6 Å². The molecule has 0 spiro atoms. The van der Waals surface area contributed by atoms with E-state index in [1.165, 1.54) is 19.2 Å². The number of anilines is 1. The van der Waals surface area contributed by atoms with Crippen molar-refractivity contribution in [1.29, 1.82) is 0 Å². The number of carbonyl (C=O) groups is 1. The maximum atomic E-state index is 13.3. The van der Waals surface area contributed by atoms with E-state index >= 15 is 0 Å². The molecule has 0 aliphatic rings. The second-order valence-corrected chi connectivity index (χ2v) is 5.04. The van der Waals surface area contributed by atoms with E-state index in [2.05, 4.69) is 10.1 Å². The Bertz CT molecular complexity index is 660. The summed E-state index contributed by atoms with van der Waals surface area (Å²) in [5.74, 6) is -1.08. The average Bonchev–Trinajstić information content (AvgIpc) is 2.48. The molecule has 0 heterocycles. The van der Waals surface area contributed by atoms with E-state index in [1.54, 1.807) is 6.07 Å². The Labute approximate surface area is 127 Å². The van der Waals surface area contributed by atoms with E-state index in [-0.39, 0.29) is 11.6 Å². The fourth-order valence-corrected chi connectivity index (χ4v) is 2.21. The molecule has 0 bridgehead atoms. The van der Waals surface area contributed by atoms with Crippen LogP contribution in [0, 0.1) is 5.82 Å². The molecule has 2 aromatic rings. The van der Waals surface area contributed by atoms with Crippen molar-refractivity contribution >= 4 is 23.3 Å². The third-order valence-corrected chi connectivity index (χ3v) is 3.34. The van der Waals surface area contributed by atoms with Crippen LogP contribution in [-0.4, -0.2) is 13.1 Å². The van der Waals surface area contributed by atoms with E-state index in [0.29, 0.717) is 10.7 Å². The van der Waals surface area contributed by atoms with E-state index in [9.17, 15) is 9.18 Å². The zero-order valence-electron chi connectivity index (χ0n) is 11.7. The lowest BCUT2D eigenvalue weighted by molar-refractivity contribution is 0.0601. The van der Waals surface area contributed by atoms with Crippen LogP contribution in [0.4, 0.5) is 10.1 Å². The number of hydrogen-bond acceptors (Lipinski definition) is 3. The second-order valence-electron chi connectivity index (χ2n) is 4.60. The molecule has 1 atom stereocenters. The first kappa shape index (κ1) is 15.3. The lowest BCUT2D eigenvalue weighted by atomic mass is 10.1. The zero-order chi connectivity index (χ0) is 15.4. The quantitative estimate of drug-likeness (QED) is 0.849. The molecule has 110 valence electrons. The number of halogens is 2. The van der Waals surface area contributed by atoms with Gasteiger partial charge >= 0.3 is 5.97 Å². The highest BCUT2D eigenvalue weighted by atomic mass is 35.5. The first-order valence-corrected chi connectivity index (χ1v) is 6.79. The Balaban J connectivity index is 2.28. The van der Waals surface area contributed by atoms with Gasteiger partial charge in [-0.25, -0.2) is 9.18 Å². The molecule has 0 fully saturated rings. The first-order valence-electron chi connectivity index (χ1n) is 6.41. The van der Waals surface area contributed by atoms with Crippen LogP contribution in [0.5, 0.6) is 0 Å². The molecular weight excluding hydrogens is 293 g/mol. The van der Waals surface area contributed by atoms with Crippen LogP contribution < -0.4 is 5.32 Å². The molecular formula is C16H15ClFNO2. The summed E-state index contributed by atoms with van der Waals surface area (Å²) in [6, 6.07) is 11.3. The standard InChI is InChI=1S/C16H15ClFNO2/c1-10(11-4-3-5-12(17)8-11)19-15-7-6-13(18)9-14(15)16(20)21-2/h3-10,19H,1-2H3. The van der Waals surface area contributed by atoms with Crippen LogP contribution in [0.25, 0.3) is 0 Å². The molecule has 5 heteroatoms. The number of esters is 1. The van der Waals surface area contributed by atoms with E-state index in [1.807, 2.05) is 25.1 Å². The fraction of sp³-hybridized carbons (Fsp3) is 0.188. The van der Waals surface area contributed by atoms with E-state index < -0.39 is 11.8 Å². The summed E-state index contributed by atoms with van der Waals surface area (Å²) in [6.45, 7) is 1.93. The maximum absolute atomic E-state index is 13.3. The second kappa shape index (κ2) is 6.59. The molecule has 0 saturated heterocycles. The van der Waals surface area contributed by atoms with Crippen molar-refractivity contribution in [3.8, 4) is 0 Å². The van der Waals surface area contributed by atoms with Gasteiger partial charge in [-0.05, 0) is 42.8 Å². The van der Waals surface area contributed by atoms with Crippen LogP contribution in [0.1, 0.15) is 28.9 Å². The predicted molar refractivity (Wildman–Crippen MR) is 81.2 cm³/mol. The van der Waals surface area contributed by atoms with Crippen LogP contribution in [0.15, 0.2) is 42.5 Å². The van der Waals surface area contributed by atoms with Crippen molar-refractivity contribution in [2.24, 2.45) is 0 Å². The van der Waals surface area contributed by atoms with Gasteiger partial charge in [0.15, 0.2) is 0 Å². The molecule has 0 aliphatic heterocycles. The zero-order valence-corrected chi connectivity index (χ0v) is 12.4. The number of rotatable bonds is 4. The summed E-state index contributed by atoms with van der Waals surface area (Å²) in [5.41, 5.74) is 1.63. The van der Waals surface area contributed by atoms with Gasteiger partial charge in [-0.1, -0.05) is 23.7 Å². The number of benzene rings is 2. The number of carbonyl (C=O) groups excluding carboxylic acids is 1. The molecule has 2 rings (SSSR count). The van der Waals surface area contributed by atoms with Gasteiger partial charge in [0.05, 0.1) is 12.7 Å². The largest absolute Gasteiger partial charge is 0.465 e. The lowest BCUT2D eigenvalue weighted by Gasteiger charge is -2.18. The first-order chi connectivity index (χ1) is 10.0. The van der Waals surface area contributed by atoms with Crippen LogP contribution in [-0.2, 0) is 4.74 Å². The minimum atomic E-state index is -0.588. The minimum absolute atomic E-state index is 0.0995. The van der Waals surface area contributed by atoms with Gasteiger partial charge in [-0.3, -0.25) is 0 Å². The fourth-order valence-electron chi connectivity index (χ4n) is 2.01. The third kappa shape index (κ3) is 3.73. The van der Waals surface area contributed by atoms with Crippen molar-refractivity contribution < 1.29 is 13.9 Å². The Morgan fingerprint density at radius 3 is 2.71 bits per heavy atom. The van der Waals surface area contributed by atoms with Crippen molar-refractivity contribution in [3.63, 3.8) is 0 Å². The topological polar surface area (TPSA) is 38.3 Å². The average molecular weight is 308 g/mol. The summed E-state index contributed by atoms with van der Waals surface area (Å²) in [6.07, 6.45) is 0. The van der Waals surface area contributed by atoms with Gasteiger partial charge in [0.1, 0.15) is 5.82 Å². The molecule has 0 aliphatic carbocycles. The van der Waals surface area contributed by atoms with Gasteiger partial charge in [0.2, 0.25) is 0 Å². The van der Waals surface area contributed by atoms with Crippen LogP contribution in [0.2, 0.25) is 5.02 Å². The molecule has 0 aromatic heterocycles. The van der Waals surface area contributed by atoms with Crippen LogP contribution in [0.3, 0.4) is 0 Å². The van der Waals surface area contributed by atoms with Gasteiger partial charge < -0.3 is 10.1 Å². The smallest absolute Gasteiger partial charge is 0.340 e. The van der Waals surface area contributed by atoms with E-state index in [4.69, 9.17) is 11.6 Å². The van der Waals surface area contributed by atoms with Gasteiger partial charge in [-0.15, -0.1) is 0 Å². The molecule has 21 heavy (non-hydrogen) atoms. The van der Waals surface area contributed by atoms with Crippen molar-refractivity contribution in [1.82, 2.24) is 0 Å². The number of hydrogen-bond donors (Lipinski definition) is 1.